The average Bonchev–Trinajstić information content (AvgIpc) is 2.46. The van der Waals surface area contributed by atoms with Crippen LogP contribution in [0.15, 0.2) is 46.4 Å². The summed E-state index contributed by atoms with van der Waals surface area (Å²) in [6.07, 6.45) is 3.27. The van der Waals surface area contributed by atoms with Crippen LogP contribution in [0.2, 0.25) is 0 Å². The van der Waals surface area contributed by atoms with Crippen molar-refractivity contribution in [2.75, 3.05) is 0 Å². The third kappa shape index (κ3) is 2.89. The van der Waals surface area contributed by atoms with Crippen molar-refractivity contribution < 1.29 is 9.59 Å². The van der Waals surface area contributed by atoms with Gasteiger partial charge in [0.1, 0.15) is 0 Å². The lowest BCUT2D eigenvalue weighted by Crippen LogP contribution is -2.18. The molecule has 4 heteroatoms. The molecule has 0 heterocycles. The first-order valence-corrected chi connectivity index (χ1v) is 7.03. The molecule has 0 spiro atoms. The van der Waals surface area contributed by atoms with Gasteiger partial charge in [0.05, 0.1) is 11.1 Å². The Balaban J connectivity index is 2.84. The zero-order valence-corrected chi connectivity index (χ0v) is 13.2. The smallest absolute Gasteiger partial charge is 0.211 e. The summed E-state index contributed by atoms with van der Waals surface area (Å²) in [7, 11) is 0. The van der Waals surface area contributed by atoms with E-state index in [-0.39, 0.29) is 0 Å². The van der Waals surface area contributed by atoms with Gasteiger partial charge in [-0.2, -0.15) is 9.98 Å². The van der Waals surface area contributed by atoms with E-state index in [0.29, 0.717) is 0 Å². The van der Waals surface area contributed by atoms with Crippen molar-refractivity contribution in [1.29, 1.82) is 0 Å². The van der Waals surface area contributed by atoms with Gasteiger partial charge < -0.3 is 0 Å². The maximum atomic E-state index is 10.8. The van der Waals surface area contributed by atoms with Crippen LogP contribution in [0, 0.1) is 0 Å². The summed E-state index contributed by atoms with van der Waals surface area (Å²) in [5.41, 5.74) is 0.372. The van der Waals surface area contributed by atoms with Crippen LogP contribution in [-0.2, 0) is 20.7 Å². The van der Waals surface area contributed by atoms with Gasteiger partial charge in [0.2, 0.25) is 12.2 Å². The highest BCUT2D eigenvalue weighted by atomic mass is 16.1. The molecule has 0 aliphatic carbocycles. The molecule has 22 heavy (non-hydrogen) atoms. The second-order valence-electron chi connectivity index (χ2n) is 6.27. The van der Waals surface area contributed by atoms with Crippen molar-refractivity contribution in [2.24, 2.45) is 9.98 Å². The van der Waals surface area contributed by atoms with Gasteiger partial charge in [-0.05, 0) is 55.7 Å². The summed E-state index contributed by atoms with van der Waals surface area (Å²) in [6.45, 7) is 7.42. The van der Waals surface area contributed by atoms with Crippen LogP contribution in [0.4, 0.5) is 0 Å². The molecule has 0 aliphatic rings. The van der Waals surface area contributed by atoms with Gasteiger partial charge >= 0.3 is 0 Å². The number of hydrogen-bond donors (Lipinski definition) is 0. The van der Waals surface area contributed by atoms with Crippen LogP contribution >= 0.6 is 0 Å². The van der Waals surface area contributed by atoms with Gasteiger partial charge in [-0.15, -0.1) is 0 Å². The molecule has 0 saturated heterocycles. The van der Waals surface area contributed by atoms with Crippen molar-refractivity contribution in [3.05, 3.63) is 47.5 Å². The van der Waals surface area contributed by atoms with E-state index in [9.17, 15) is 9.59 Å². The Hall–Kier alpha value is -2.54. The number of rotatable bonds is 4. The Morgan fingerprint density at radius 2 is 1.45 bits per heavy atom. The molecule has 2 rings (SSSR count). The van der Waals surface area contributed by atoms with Crippen LogP contribution in [0.5, 0.6) is 0 Å². The molecule has 0 bridgehead atoms. The van der Waals surface area contributed by atoms with E-state index in [1.165, 1.54) is 0 Å². The van der Waals surface area contributed by atoms with E-state index in [2.05, 4.69) is 9.98 Å². The molecule has 0 aliphatic heterocycles. The van der Waals surface area contributed by atoms with Gasteiger partial charge in [0.15, 0.2) is 0 Å². The molecule has 112 valence electrons. The lowest BCUT2D eigenvalue weighted by Gasteiger charge is -2.25. The van der Waals surface area contributed by atoms with Gasteiger partial charge in [-0.3, -0.25) is 0 Å². The fraction of sp³-hybridized carbons (Fsp3) is 0.333. The minimum atomic E-state index is -0.710. The molecule has 4 nitrogen and oxygen atoms in total. The van der Waals surface area contributed by atoms with Crippen LogP contribution < -0.4 is 0 Å². The second kappa shape index (κ2) is 5.69. The maximum absolute atomic E-state index is 10.8. The quantitative estimate of drug-likeness (QED) is 0.632. The molecule has 0 fully saturated rings. The van der Waals surface area contributed by atoms with E-state index in [4.69, 9.17) is 0 Å². The fourth-order valence-electron chi connectivity index (χ4n) is 2.52. The molecule has 2 aromatic rings. The summed E-state index contributed by atoms with van der Waals surface area (Å²) in [5, 5.41) is 2.03. The number of aliphatic imine (C=N–C) groups is 2. The van der Waals surface area contributed by atoms with Gasteiger partial charge in [-0.1, -0.05) is 30.3 Å². The van der Waals surface area contributed by atoms with E-state index in [0.717, 1.165) is 21.9 Å². The van der Waals surface area contributed by atoms with E-state index >= 15 is 0 Å². The first-order chi connectivity index (χ1) is 10.3. The first-order valence-electron chi connectivity index (χ1n) is 7.03. The highest BCUT2D eigenvalue weighted by Crippen LogP contribution is 2.36. The van der Waals surface area contributed by atoms with Crippen molar-refractivity contribution >= 4 is 22.9 Å². The topological polar surface area (TPSA) is 58.9 Å². The first kappa shape index (κ1) is 15.8. The molecule has 2 aromatic carbocycles. The number of carbonyl (C=O) groups excluding carboxylic acids is 2. The molecule has 0 aromatic heterocycles. The molecule has 0 atom stereocenters. The molecular formula is C18H18N2O2. The van der Waals surface area contributed by atoms with Gasteiger partial charge in [0.25, 0.3) is 0 Å². The Kier molecular flexibility index (Phi) is 4.09. The zero-order valence-electron chi connectivity index (χ0n) is 13.2. The Bertz CT molecular complexity index is 809. The summed E-state index contributed by atoms with van der Waals surface area (Å²) in [5.74, 6) is 0. The van der Waals surface area contributed by atoms with Crippen LogP contribution in [-0.4, -0.2) is 12.2 Å². The Labute approximate surface area is 129 Å². The molecular weight excluding hydrogens is 276 g/mol. The lowest BCUT2D eigenvalue weighted by molar-refractivity contribution is 0.514. The minimum Gasteiger partial charge on any atom is -0.211 e. The molecule has 0 radical (unpaired) electrons. The maximum Gasteiger partial charge on any atom is 0.235 e. The minimum absolute atomic E-state index is 0.693. The monoisotopic (exact) mass is 294 g/mol. The highest BCUT2D eigenvalue weighted by molar-refractivity contribution is 5.87. The van der Waals surface area contributed by atoms with E-state index < -0.39 is 11.1 Å². The summed E-state index contributed by atoms with van der Waals surface area (Å²) < 4.78 is 0. The highest BCUT2D eigenvalue weighted by Gasteiger charge is 2.27. The van der Waals surface area contributed by atoms with Crippen LogP contribution in [0.1, 0.15) is 38.8 Å². The SMILES string of the molecule is CC(C)(N=C=O)c1cc(C(C)(C)N=C=O)c2ccccc2c1. The van der Waals surface area contributed by atoms with E-state index in [1.54, 1.807) is 12.2 Å². The van der Waals surface area contributed by atoms with Crippen LogP contribution in [0.25, 0.3) is 10.8 Å². The predicted octanol–water partition coefficient (Wildman–Crippen LogP) is 3.98. The van der Waals surface area contributed by atoms with E-state index in [1.807, 2.05) is 64.1 Å². The van der Waals surface area contributed by atoms with Crippen molar-refractivity contribution in [3.63, 3.8) is 0 Å². The van der Waals surface area contributed by atoms with Crippen LogP contribution in [0.3, 0.4) is 0 Å². The molecule has 0 unspecified atom stereocenters. The molecule has 0 N–H and O–H groups in total. The second-order valence-corrected chi connectivity index (χ2v) is 6.27. The zero-order chi connectivity index (χ0) is 16.4. The predicted molar refractivity (Wildman–Crippen MR) is 86.2 cm³/mol. The van der Waals surface area contributed by atoms with Crippen molar-refractivity contribution in [1.82, 2.24) is 0 Å². The number of isocyanates is 2. The van der Waals surface area contributed by atoms with Gasteiger partial charge in [0, 0.05) is 0 Å². The third-order valence-corrected chi connectivity index (χ3v) is 3.88. The standard InChI is InChI=1S/C18H18N2O2/c1-17(2,19-11-21)14-9-13-7-5-6-8-15(13)16(10-14)18(3,4)20-12-22/h5-10H,1-4H3. The number of nitrogens with zero attached hydrogens (tertiary/aromatic N) is 2. The molecule has 0 saturated carbocycles. The normalized spacial score (nSPS) is 11.6. The van der Waals surface area contributed by atoms with Crippen molar-refractivity contribution in [2.45, 2.75) is 38.8 Å². The number of benzene rings is 2. The number of hydrogen-bond acceptors (Lipinski definition) is 4. The lowest BCUT2D eigenvalue weighted by atomic mass is 9.84. The van der Waals surface area contributed by atoms with Gasteiger partial charge in [-0.25, -0.2) is 9.59 Å². The molecule has 0 amide bonds. The Morgan fingerprint density at radius 3 is 2.09 bits per heavy atom. The largest absolute Gasteiger partial charge is 0.235 e. The Morgan fingerprint density at radius 1 is 0.864 bits per heavy atom. The van der Waals surface area contributed by atoms with Crippen molar-refractivity contribution in [3.8, 4) is 0 Å². The summed E-state index contributed by atoms with van der Waals surface area (Å²) in [6, 6.07) is 11.8. The number of fused-ring (bicyclic) bond motifs is 1. The summed E-state index contributed by atoms with van der Waals surface area (Å²) >= 11 is 0. The summed E-state index contributed by atoms with van der Waals surface area (Å²) in [4.78, 5) is 29.3. The average molecular weight is 294 g/mol. The third-order valence-electron chi connectivity index (χ3n) is 3.88. The fourth-order valence-corrected chi connectivity index (χ4v) is 2.52.